The molecular weight excluding hydrogens is 991 g/mol. The highest BCUT2D eigenvalue weighted by Crippen LogP contribution is 2.55. The number of amides is 2. The molecule has 6 heterocycles. The summed E-state index contributed by atoms with van der Waals surface area (Å²) in [5.74, 6) is -0.906. The first-order chi connectivity index (χ1) is 35.2. The van der Waals surface area contributed by atoms with Gasteiger partial charge in [0.15, 0.2) is 0 Å². The van der Waals surface area contributed by atoms with Crippen LogP contribution in [0.15, 0.2) is 141 Å². The maximum absolute atomic E-state index is 14.6. The number of carbonyl (C=O) groups is 2. The summed E-state index contributed by atoms with van der Waals surface area (Å²) < 4.78 is 4.92. The molecule has 0 unspecified atom stereocenters. The molecule has 0 radical (unpaired) electrons. The molecule has 2 amide bonds. The Labute approximate surface area is 436 Å². The van der Waals surface area contributed by atoms with Gasteiger partial charge in [-0.2, -0.15) is 0 Å². The number of piperazine rings is 1. The summed E-state index contributed by atoms with van der Waals surface area (Å²) in [5, 5.41) is 8.12. The Hall–Kier alpha value is -6.78. The number of aryl methyl sites for hydroxylation is 2. The molecule has 0 N–H and O–H groups in total. The van der Waals surface area contributed by atoms with Crippen molar-refractivity contribution in [1.82, 2.24) is 9.13 Å². The average Bonchev–Trinajstić information content (AvgIpc) is 4.20. The molecule has 6 aromatic carbocycles. The Morgan fingerprint density at radius 2 is 1.03 bits per heavy atom. The molecule has 73 heavy (non-hydrogen) atoms. The van der Waals surface area contributed by atoms with E-state index in [1.807, 2.05) is 81.9 Å². The molecule has 1 fully saturated rings. The highest BCUT2D eigenvalue weighted by Gasteiger charge is 2.37. The van der Waals surface area contributed by atoms with Gasteiger partial charge in [-0.1, -0.05) is 117 Å². The summed E-state index contributed by atoms with van der Waals surface area (Å²) in [5.41, 5.74) is 5.60. The van der Waals surface area contributed by atoms with Crippen LogP contribution in [0, 0.1) is 13.8 Å². The zero-order valence-electron chi connectivity index (χ0n) is 40.8. The summed E-state index contributed by atoms with van der Waals surface area (Å²) >= 11 is 7.19. The molecule has 0 atom stereocenters. The van der Waals surface area contributed by atoms with Crippen LogP contribution in [0.25, 0.3) is 48.6 Å². The standard InChI is InChI=1S/C58H47N5O6S4/c1-30(2)36-9-7-10-37(31(3)4)50(36)63-55(68)43-27-41-42(28-44(43)56(63)69)54(67)62(53(41)66)47-26-32(5)46(25-33(47)6)61-51(64)39-12-8-11-38-45(18-17-40(49(38)39)52(61)65)60-21-19-59(20-22-60)35-15-13-34(14-16-35)48-29-72-58(73-48)57-70-23-24-71-57/h7-18,23-31H,19-22H2,1-6H3. The molecule has 0 spiro atoms. The lowest BCUT2D eigenvalue weighted by atomic mass is 9.91. The number of carbonyl (C=O) groups excluding carboxylic acids is 2. The Morgan fingerprint density at radius 1 is 0.493 bits per heavy atom. The fraction of sp³-hybridized carbons (Fsp3) is 0.207. The van der Waals surface area contributed by atoms with Crippen LogP contribution in [0.3, 0.4) is 0 Å². The van der Waals surface area contributed by atoms with E-state index in [4.69, 9.17) is 0 Å². The second kappa shape index (κ2) is 18.0. The van der Waals surface area contributed by atoms with E-state index in [1.165, 1.54) is 46.2 Å². The minimum atomic E-state index is -0.641. The lowest BCUT2D eigenvalue weighted by Gasteiger charge is -2.38. The number of fused-ring (bicyclic) bond motifs is 2. The Kier molecular flexibility index (Phi) is 11.7. The number of imide groups is 1. The van der Waals surface area contributed by atoms with Crippen molar-refractivity contribution in [2.75, 3.05) is 40.9 Å². The van der Waals surface area contributed by atoms with Crippen LogP contribution in [0.1, 0.15) is 88.1 Å². The number of anilines is 3. The van der Waals surface area contributed by atoms with Crippen molar-refractivity contribution < 1.29 is 9.59 Å². The first-order valence-electron chi connectivity index (χ1n) is 24.2. The first-order valence-corrected chi connectivity index (χ1v) is 27.7. The first kappa shape index (κ1) is 47.2. The number of para-hydroxylation sites is 1. The molecular formula is C58H47N5O6S4. The van der Waals surface area contributed by atoms with E-state index in [0.29, 0.717) is 39.0 Å². The number of rotatable bonds is 8. The van der Waals surface area contributed by atoms with Gasteiger partial charge in [0.1, 0.15) is 0 Å². The number of thioether (sulfide) groups is 4. The molecule has 11 nitrogen and oxygen atoms in total. The van der Waals surface area contributed by atoms with Crippen LogP contribution in [0.5, 0.6) is 0 Å². The number of aromatic nitrogens is 2. The van der Waals surface area contributed by atoms with Crippen molar-refractivity contribution in [3.63, 3.8) is 0 Å². The minimum Gasteiger partial charge on any atom is -0.368 e. The highest BCUT2D eigenvalue weighted by molar-refractivity contribution is 8.35. The predicted octanol–water partition coefficient (Wildman–Crippen LogP) is 11.9. The molecule has 15 heteroatoms. The van der Waals surface area contributed by atoms with Gasteiger partial charge in [0.2, 0.25) is 0 Å². The second-order valence-corrected chi connectivity index (χ2v) is 23.7. The summed E-state index contributed by atoms with van der Waals surface area (Å²) in [6.07, 6.45) is 0. The summed E-state index contributed by atoms with van der Waals surface area (Å²) in [4.78, 5) is 93.4. The topological polar surface area (TPSA) is 122 Å². The summed E-state index contributed by atoms with van der Waals surface area (Å²) in [6.45, 7) is 14.6. The molecule has 8 aromatic rings. The third-order valence-electron chi connectivity index (χ3n) is 14.5. The third kappa shape index (κ3) is 7.52. The summed E-state index contributed by atoms with van der Waals surface area (Å²) in [7, 11) is 0. The Bertz CT molecular complexity index is 3920. The molecule has 364 valence electrons. The number of benzene rings is 6. The van der Waals surface area contributed by atoms with Crippen LogP contribution in [-0.4, -0.2) is 47.1 Å². The number of nitrogens with zero attached hydrogens (tertiary/aromatic N) is 5. The van der Waals surface area contributed by atoms with Gasteiger partial charge >= 0.3 is 0 Å². The fourth-order valence-electron chi connectivity index (χ4n) is 10.8. The average molecular weight is 1040 g/mol. The van der Waals surface area contributed by atoms with E-state index in [9.17, 15) is 28.8 Å². The molecule has 0 aliphatic carbocycles. The Morgan fingerprint density at radius 3 is 1.63 bits per heavy atom. The molecule has 0 saturated carbocycles. The van der Waals surface area contributed by atoms with Crippen molar-refractivity contribution in [2.45, 2.75) is 53.4 Å². The molecule has 4 aliphatic rings. The van der Waals surface area contributed by atoms with Crippen molar-refractivity contribution in [3.05, 3.63) is 202 Å². The van der Waals surface area contributed by atoms with Crippen LogP contribution in [0.4, 0.5) is 17.1 Å². The quantitative estimate of drug-likeness (QED) is 0.135. The Balaban J connectivity index is 0.813. The third-order valence-corrected chi connectivity index (χ3v) is 19.6. The normalized spacial score (nSPS) is 16.1. The highest BCUT2D eigenvalue weighted by atomic mass is 32.2. The maximum Gasteiger partial charge on any atom is 0.266 e. The van der Waals surface area contributed by atoms with E-state index < -0.39 is 34.1 Å². The monoisotopic (exact) mass is 1040 g/mol. The maximum atomic E-state index is 14.6. The van der Waals surface area contributed by atoms with Gasteiger partial charge in [0, 0.05) is 64.4 Å². The van der Waals surface area contributed by atoms with E-state index in [1.54, 1.807) is 67.3 Å². The van der Waals surface area contributed by atoms with Crippen LogP contribution in [0.2, 0.25) is 0 Å². The smallest absolute Gasteiger partial charge is 0.266 e. The van der Waals surface area contributed by atoms with E-state index in [0.717, 1.165) is 52.9 Å². The summed E-state index contributed by atoms with van der Waals surface area (Å²) in [6, 6.07) is 30.0. The van der Waals surface area contributed by atoms with Gasteiger partial charge in [-0.25, -0.2) is 14.0 Å². The molecule has 12 rings (SSSR count). The van der Waals surface area contributed by atoms with Crippen LogP contribution < -0.4 is 36.9 Å². The van der Waals surface area contributed by atoms with Crippen LogP contribution in [-0.2, 0) is 0 Å². The van der Waals surface area contributed by atoms with Gasteiger partial charge in [0.25, 0.3) is 34.1 Å². The van der Waals surface area contributed by atoms with Crippen molar-refractivity contribution in [1.29, 1.82) is 0 Å². The fourth-order valence-corrected chi connectivity index (χ4v) is 15.3. The van der Waals surface area contributed by atoms with E-state index in [2.05, 4.69) is 50.3 Å². The zero-order chi connectivity index (χ0) is 50.7. The molecule has 0 bridgehead atoms. The van der Waals surface area contributed by atoms with Gasteiger partial charge < -0.3 is 9.80 Å². The van der Waals surface area contributed by atoms with Crippen molar-refractivity contribution in [2.24, 2.45) is 0 Å². The molecule has 4 aliphatic heterocycles. The van der Waals surface area contributed by atoms with Gasteiger partial charge in [-0.15, -0.1) is 0 Å². The minimum absolute atomic E-state index is 0.0141. The predicted molar refractivity (Wildman–Crippen MR) is 306 cm³/mol. The second-order valence-electron chi connectivity index (χ2n) is 19.5. The van der Waals surface area contributed by atoms with Gasteiger partial charge in [-0.3, -0.25) is 28.8 Å². The lowest BCUT2D eigenvalue weighted by Crippen LogP contribution is -2.46. The number of hydrogen-bond acceptors (Lipinski definition) is 12. The lowest BCUT2D eigenvalue weighted by molar-refractivity contribution is 0.0893. The van der Waals surface area contributed by atoms with Crippen LogP contribution >= 0.6 is 47.0 Å². The van der Waals surface area contributed by atoms with E-state index >= 15 is 0 Å². The van der Waals surface area contributed by atoms with E-state index in [-0.39, 0.29) is 39.1 Å². The molecule has 1 saturated heterocycles. The zero-order valence-corrected chi connectivity index (χ0v) is 44.0. The van der Waals surface area contributed by atoms with Crippen molar-refractivity contribution >= 4 is 113 Å². The van der Waals surface area contributed by atoms with Crippen molar-refractivity contribution in [3.8, 4) is 11.4 Å². The van der Waals surface area contributed by atoms with Gasteiger partial charge in [-0.05, 0) is 124 Å². The SMILES string of the molecule is Cc1cc(-n2c(=O)c3cc4c(=O)n(-c5c(C(C)C)cccc5C(C)C)c(=O)c4cc3c2=O)c(C)cc1N1C(=O)c2cccc3c(N4CCN(c5ccc(C6=CSC(=C7SC=CS7)S6)cc5)CC4)ccc(c23)C1=O. The molecule has 2 aromatic heterocycles. The largest absolute Gasteiger partial charge is 0.368 e. The van der Waals surface area contributed by atoms with Gasteiger partial charge in [0.05, 0.1) is 47.1 Å². The number of hydrogen-bond donors (Lipinski definition) is 0.